The van der Waals surface area contributed by atoms with Gasteiger partial charge in [0.15, 0.2) is 0 Å². The zero-order chi connectivity index (χ0) is 22.3. The van der Waals surface area contributed by atoms with Gasteiger partial charge in [0.05, 0.1) is 6.04 Å². The number of carbonyl (C=O) groups excluding carboxylic acids is 3. The first-order valence-electron chi connectivity index (χ1n) is 9.94. The van der Waals surface area contributed by atoms with Crippen molar-refractivity contribution < 1.29 is 34.2 Å². The quantitative estimate of drug-likeness (QED) is 0.223. The molecule has 4 unspecified atom stereocenters. The summed E-state index contributed by atoms with van der Waals surface area (Å²) in [6.07, 6.45) is 1.91. The maximum absolute atomic E-state index is 13.1. The minimum atomic E-state index is -1.23. The van der Waals surface area contributed by atoms with E-state index >= 15 is 0 Å². The van der Waals surface area contributed by atoms with E-state index in [-0.39, 0.29) is 31.0 Å². The smallest absolute Gasteiger partial charge is 0.327 e. The van der Waals surface area contributed by atoms with Crippen LogP contribution < -0.4 is 16.0 Å². The number of carboxylic acids is 2. The standard InChI is InChI=1S/C18H28N4O7S/c23-14(24)6-5-11(20-15(25)10-3-1-7-19-10)17(27)22-8-2-4-13(22)16(26)21-12(9-30)18(28)29/h10-13,19,30H,1-9H2,(H,20,25)(H,21,26)(H,23,24)(H,28,29). The van der Waals surface area contributed by atoms with Crippen molar-refractivity contribution in [1.82, 2.24) is 20.9 Å². The van der Waals surface area contributed by atoms with Crippen molar-refractivity contribution >= 4 is 42.3 Å². The summed E-state index contributed by atoms with van der Waals surface area (Å²) < 4.78 is 0. The number of nitrogens with zero attached hydrogens (tertiary/aromatic N) is 1. The number of likely N-dealkylation sites (tertiary alicyclic amines) is 1. The molecular formula is C18H28N4O7S. The molecule has 2 aliphatic heterocycles. The monoisotopic (exact) mass is 444 g/mol. The largest absolute Gasteiger partial charge is 0.481 e. The van der Waals surface area contributed by atoms with E-state index in [4.69, 9.17) is 10.2 Å². The predicted molar refractivity (Wildman–Crippen MR) is 108 cm³/mol. The van der Waals surface area contributed by atoms with E-state index in [0.29, 0.717) is 25.8 Å². The van der Waals surface area contributed by atoms with Gasteiger partial charge >= 0.3 is 11.9 Å². The molecule has 0 radical (unpaired) electrons. The SMILES string of the molecule is O=C(O)CCC(NC(=O)C1CCCN1)C(=O)N1CCCC1C(=O)NC(CS)C(=O)O. The molecule has 2 fully saturated rings. The van der Waals surface area contributed by atoms with Crippen LogP contribution >= 0.6 is 12.6 Å². The van der Waals surface area contributed by atoms with E-state index in [0.717, 1.165) is 6.42 Å². The number of hydrogen-bond acceptors (Lipinski definition) is 7. The number of carboxylic acid groups (broad SMARTS) is 2. The van der Waals surface area contributed by atoms with Gasteiger partial charge in [-0.05, 0) is 38.6 Å². The third kappa shape index (κ3) is 6.33. The number of aliphatic carboxylic acids is 2. The molecule has 5 N–H and O–H groups in total. The molecule has 0 spiro atoms. The highest BCUT2D eigenvalue weighted by atomic mass is 32.1. The fraction of sp³-hybridized carbons (Fsp3) is 0.722. The highest BCUT2D eigenvalue weighted by molar-refractivity contribution is 7.80. The highest BCUT2D eigenvalue weighted by Gasteiger charge is 2.39. The Balaban J connectivity index is 2.09. The predicted octanol–water partition coefficient (Wildman–Crippen LogP) is -1.42. The Morgan fingerprint density at radius 1 is 1.03 bits per heavy atom. The topological polar surface area (TPSA) is 165 Å². The van der Waals surface area contributed by atoms with Crippen molar-refractivity contribution in [2.24, 2.45) is 0 Å². The van der Waals surface area contributed by atoms with Crippen molar-refractivity contribution in [3.05, 3.63) is 0 Å². The van der Waals surface area contributed by atoms with Crippen molar-refractivity contribution in [2.75, 3.05) is 18.8 Å². The maximum Gasteiger partial charge on any atom is 0.327 e. The average Bonchev–Trinajstić information content (AvgIpc) is 3.39. The number of rotatable bonds is 10. The van der Waals surface area contributed by atoms with Gasteiger partial charge in [-0.25, -0.2) is 4.79 Å². The summed E-state index contributed by atoms with van der Waals surface area (Å²) >= 11 is 3.91. The molecule has 0 saturated carbocycles. The van der Waals surface area contributed by atoms with Crippen molar-refractivity contribution in [2.45, 2.75) is 62.7 Å². The van der Waals surface area contributed by atoms with E-state index in [1.807, 2.05) is 0 Å². The van der Waals surface area contributed by atoms with Crippen LogP contribution in [0.1, 0.15) is 38.5 Å². The van der Waals surface area contributed by atoms with Crippen LogP contribution in [0.2, 0.25) is 0 Å². The third-order valence-electron chi connectivity index (χ3n) is 5.27. The zero-order valence-corrected chi connectivity index (χ0v) is 17.4. The molecule has 3 amide bonds. The highest BCUT2D eigenvalue weighted by Crippen LogP contribution is 2.20. The van der Waals surface area contributed by atoms with Gasteiger partial charge in [0.1, 0.15) is 18.1 Å². The molecule has 0 aromatic carbocycles. The lowest BCUT2D eigenvalue weighted by atomic mass is 10.1. The fourth-order valence-corrected chi connectivity index (χ4v) is 3.91. The van der Waals surface area contributed by atoms with Crippen LogP contribution in [0, 0.1) is 0 Å². The van der Waals surface area contributed by atoms with Crippen LogP contribution in [0.25, 0.3) is 0 Å². The van der Waals surface area contributed by atoms with Crippen molar-refractivity contribution in [3.8, 4) is 0 Å². The first kappa shape index (κ1) is 23.9. The Morgan fingerprint density at radius 2 is 1.73 bits per heavy atom. The van der Waals surface area contributed by atoms with E-state index in [9.17, 15) is 24.0 Å². The van der Waals surface area contributed by atoms with Gasteiger partial charge in [-0.3, -0.25) is 19.2 Å². The second-order valence-corrected chi connectivity index (χ2v) is 7.78. The fourth-order valence-electron chi connectivity index (χ4n) is 3.66. The van der Waals surface area contributed by atoms with Gasteiger partial charge < -0.3 is 31.1 Å². The number of amides is 3. The molecule has 2 rings (SSSR count). The van der Waals surface area contributed by atoms with Gasteiger partial charge in [-0.1, -0.05) is 0 Å². The summed E-state index contributed by atoms with van der Waals surface area (Å²) in [6.45, 7) is 0.951. The van der Waals surface area contributed by atoms with Gasteiger partial charge in [-0.2, -0.15) is 12.6 Å². The summed E-state index contributed by atoms with van der Waals surface area (Å²) in [5, 5.41) is 26.1. The van der Waals surface area contributed by atoms with Crippen LogP contribution in [0.4, 0.5) is 0 Å². The second-order valence-electron chi connectivity index (χ2n) is 7.41. The van der Waals surface area contributed by atoms with Crippen LogP contribution in [0.5, 0.6) is 0 Å². The van der Waals surface area contributed by atoms with Gasteiger partial charge in [0, 0.05) is 18.7 Å². The van der Waals surface area contributed by atoms with Gasteiger partial charge in [-0.15, -0.1) is 0 Å². The normalized spacial score (nSPS) is 22.9. The van der Waals surface area contributed by atoms with Crippen LogP contribution in [-0.4, -0.2) is 87.8 Å². The molecule has 0 bridgehead atoms. The van der Waals surface area contributed by atoms with Crippen LogP contribution in [0.3, 0.4) is 0 Å². The number of hydrogen-bond donors (Lipinski definition) is 6. The number of thiol groups is 1. The van der Waals surface area contributed by atoms with Gasteiger partial charge in [0.25, 0.3) is 0 Å². The minimum absolute atomic E-state index is 0.104. The summed E-state index contributed by atoms with van der Waals surface area (Å²) in [7, 11) is 0. The summed E-state index contributed by atoms with van der Waals surface area (Å²) in [5.41, 5.74) is 0. The lowest BCUT2D eigenvalue weighted by Gasteiger charge is -2.29. The minimum Gasteiger partial charge on any atom is -0.481 e. The first-order valence-corrected chi connectivity index (χ1v) is 10.6. The summed E-state index contributed by atoms with van der Waals surface area (Å²) in [5.74, 6) is -3.97. The molecule has 2 aliphatic rings. The molecule has 0 aromatic heterocycles. The molecule has 2 heterocycles. The molecular weight excluding hydrogens is 416 g/mol. The molecule has 11 nitrogen and oxygen atoms in total. The van der Waals surface area contributed by atoms with Crippen LogP contribution in [-0.2, 0) is 24.0 Å². The number of carbonyl (C=O) groups is 5. The lowest BCUT2D eigenvalue weighted by molar-refractivity contribution is -0.144. The summed E-state index contributed by atoms with van der Waals surface area (Å²) in [6, 6.07) is -3.58. The van der Waals surface area contributed by atoms with E-state index in [1.54, 1.807) is 0 Å². The molecule has 12 heteroatoms. The Bertz CT molecular complexity index is 683. The first-order chi connectivity index (χ1) is 14.2. The van der Waals surface area contributed by atoms with Crippen molar-refractivity contribution in [1.29, 1.82) is 0 Å². The van der Waals surface area contributed by atoms with Crippen LogP contribution in [0.15, 0.2) is 0 Å². The number of nitrogens with one attached hydrogen (secondary N) is 3. The summed E-state index contributed by atoms with van der Waals surface area (Å²) in [4.78, 5) is 61.6. The lowest BCUT2D eigenvalue weighted by Crippen LogP contribution is -2.57. The molecule has 2 saturated heterocycles. The van der Waals surface area contributed by atoms with E-state index < -0.39 is 47.9 Å². The Labute approximate surface area is 179 Å². The molecule has 30 heavy (non-hydrogen) atoms. The average molecular weight is 445 g/mol. The molecule has 0 aromatic rings. The Hall–Kier alpha value is -2.34. The van der Waals surface area contributed by atoms with Gasteiger partial charge in [0.2, 0.25) is 17.7 Å². The Kier molecular flexibility index (Phi) is 8.90. The molecule has 4 atom stereocenters. The van der Waals surface area contributed by atoms with E-state index in [1.165, 1.54) is 4.90 Å². The molecule has 0 aliphatic carbocycles. The maximum atomic E-state index is 13.1. The van der Waals surface area contributed by atoms with Crippen molar-refractivity contribution in [3.63, 3.8) is 0 Å². The van der Waals surface area contributed by atoms with E-state index in [2.05, 4.69) is 28.6 Å². The zero-order valence-electron chi connectivity index (χ0n) is 16.5. The third-order valence-corrected chi connectivity index (χ3v) is 5.64. The Morgan fingerprint density at radius 3 is 2.30 bits per heavy atom. The second kappa shape index (κ2) is 11.2. The molecule has 168 valence electrons.